The predicted molar refractivity (Wildman–Crippen MR) is 57.2 cm³/mol. The van der Waals surface area contributed by atoms with Gasteiger partial charge in [-0.1, -0.05) is 6.92 Å². The molecule has 0 N–H and O–H groups in total. The lowest BCUT2D eigenvalue weighted by Gasteiger charge is -2.39. The zero-order chi connectivity index (χ0) is 10.8. The second-order valence-corrected chi connectivity index (χ2v) is 3.96. The average Bonchev–Trinajstić information content (AvgIpc) is 2.24. The summed E-state index contributed by atoms with van der Waals surface area (Å²) >= 11 is 0. The lowest BCUT2D eigenvalue weighted by atomic mass is 10.0. The van der Waals surface area contributed by atoms with Crippen LogP contribution in [0.1, 0.15) is 18.1 Å². The lowest BCUT2D eigenvalue weighted by Crippen LogP contribution is -2.45. The molecule has 0 saturated carbocycles. The van der Waals surface area contributed by atoms with E-state index in [-0.39, 0.29) is 0 Å². The molecule has 1 fully saturated rings. The maximum Gasteiger partial charge on any atom is 0.101 e. The Balaban J connectivity index is 2.29. The zero-order valence-electron chi connectivity index (χ0n) is 8.57. The average molecular weight is 197 g/mol. The summed E-state index contributed by atoms with van der Waals surface area (Å²) in [5.74, 6) is 0.728. The normalized spacial score (nSPS) is 15.3. The molecule has 1 aliphatic rings. The van der Waals surface area contributed by atoms with Crippen molar-refractivity contribution in [3.63, 3.8) is 0 Å². The number of benzene rings is 1. The van der Waals surface area contributed by atoms with Gasteiger partial charge in [0.25, 0.3) is 0 Å². The van der Waals surface area contributed by atoms with Crippen molar-refractivity contribution in [3.05, 3.63) is 29.3 Å². The first-order valence-corrected chi connectivity index (χ1v) is 4.94. The second kappa shape index (κ2) is 3.63. The Morgan fingerprint density at radius 2 is 1.87 bits per heavy atom. The summed E-state index contributed by atoms with van der Waals surface area (Å²) in [6.45, 7) is 4.28. The molecule has 74 valence electrons. The third kappa shape index (κ3) is 1.65. The summed E-state index contributed by atoms with van der Waals surface area (Å²) in [7, 11) is 0. The van der Waals surface area contributed by atoms with E-state index < -0.39 is 0 Å². The van der Waals surface area contributed by atoms with Crippen molar-refractivity contribution in [3.8, 4) is 12.1 Å². The van der Waals surface area contributed by atoms with Crippen LogP contribution in [0.15, 0.2) is 18.2 Å². The van der Waals surface area contributed by atoms with Crippen LogP contribution in [0.2, 0.25) is 0 Å². The van der Waals surface area contributed by atoms with Gasteiger partial charge in [0.05, 0.1) is 11.1 Å². The van der Waals surface area contributed by atoms with Crippen LogP contribution < -0.4 is 4.90 Å². The third-order valence-corrected chi connectivity index (χ3v) is 2.67. The summed E-state index contributed by atoms with van der Waals surface area (Å²) in [4.78, 5) is 2.21. The van der Waals surface area contributed by atoms with Gasteiger partial charge in [-0.15, -0.1) is 0 Å². The number of nitriles is 2. The number of rotatable bonds is 1. The van der Waals surface area contributed by atoms with Crippen LogP contribution in [0.4, 0.5) is 5.69 Å². The number of hydrogen-bond donors (Lipinski definition) is 0. The first-order chi connectivity index (χ1) is 7.24. The first-order valence-electron chi connectivity index (χ1n) is 4.94. The molecule has 0 bridgehead atoms. The van der Waals surface area contributed by atoms with Crippen molar-refractivity contribution in [1.82, 2.24) is 0 Å². The Labute approximate surface area is 89.2 Å². The molecule has 0 radical (unpaired) electrons. The molecule has 15 heavy (non-hydrogen) atoms. The van der Waals surface area contributed by atoms with E-state index in [1.54, 1.807) is 12.1 Å². The molecule has 1 aromatic rings. The van der Waals surface area contributed by atoms with E-state index in [2.05, 4.69) is 17.9 Å². The molecule has 1 aliphatic heterocycles. The van der Waals surface area contributed by atoms with E-state index in [1.807, 2.05) is 12.1 Å². The van der Waals surface area contributed by atoms with Gasteiger partial charge in [0, 0.05) is 18.8 Å². The van der Waals surface area contributed by atoms with Gasteiger partial charge in [0.1, 0.15) is 12.1 Å². The molecular formula is C12H11N3. The highest BCUT2D eigenvalue weighted by Crippen LogP contribution is 2.25. The molecule has 0 spiro atoms. The molecule has 0 amide bonds. The first kappa shape index (κ1) is 9.55. The standard InChI is InChI=1S/C12H11N3/c1-9-7-15(8-9)12-3-2-10(5-13)11(4-12)6-14/h2-4,9H,7-8H2,1H3. The maximum atomic E-state index is 8.88. The van der Waals surface area contributed by atoms with E-state index in [4.69, 9.17) is 10.5 Å². The molecular weight excluding hydrogens is 186 g/mol. The van der Waals surface area contributed by atoms with Gasteiger partial charge in [-0.2, -0.15) is 10.5 Å². The van der Waals surface area contributed by atoms with E-state index >= 15 is 0 Å². The Morgan fingerprint density at radius 3 is 2.40 bits per heavy atom. The van der Waals surface area contributed by atoms with Crippen LogP contribution >= 0.6 is 0 Å². The zero-order valence-corrected chi connectivity index (χ0v) is 8.57. The summed E-state index contributed by atoms with van der Waals surface area (Å²) in [6.07, 6.45) is 0. The molecule has 1 heterocycles. The topological polar surface area (TPSA) is 50.8 Å². The molecule has 0 aliphatic carbocycles. The van der Waals surface area contributed by atoms with Crippen molar-refractivity contribution in [2.24, 2.45) is 5.92 Å². The van der Waals surface area contributed by atoms with Crippen LogP contribution in [0.5, 0.6) is 0 Å². The molecule has 2 rings (SSSR count). The van der Waals surface area contributed by atoms with Gasteiger partial charge in [-0.3, -0.25) is 0 Å². The minimum absolute atomic E-state index is 0.454. The van der Waals surface area contributed by atoms with Crippen LogP contribution in [0, 0.1) is 28.6 Å². The van der Waals surface area contributed by atoms with Gasteiger partial charge < -0.3 is 4.90 Å². The van der Waals surface area contributed by atoms with Crippen LogP contribution in [0.25, 0.3) is 0 Å². The number of hydrogen-bond acceptors (Lipinski definition) is 3. The van der Waals surface area contributed by atoms with Crippen molar-refractivity contribution >= 4 is 5.69 Å². The van der Waals surface area contributed by atoms with Gasteiger partial charge >= 0.3 is 0 Å². The molecule has 3 nitrogen and oxygen atoms in total. The fourth-order valence-electron chi connectivity index (χ4n) is 1.83. The minimum Gasteiger partial charge on any atom is -0.371 e. The highest BCUT2D eigenvalue weighted by molar-refractivity contribution is 5.58. The SMILES string of the molecule is CC1CN(c2ccc(C#N)c(C#N)c2)C1. The van der Waals surface area contributed by atoms with Gasteiger partial charge in [0.15, 0.2) is 0 Å². The Bertz CT molecular complexity index is 459. The highest BCUT2D eigenvalue weighted by atomic mass is 15.2. The van der Waals surface area contributed by atoms with Crippen molar-refractivity contribution in [1.29, 1.82) is 10.5 Å². The fourth-order valence-corrected chi connectivity index (χ4v) is 1.83. The van der Waals surface area contributed by atoms with Crippen LogP contribution in [-0.2, 0) is 0 Å². The summed E-state index contributed by atoms with van der Waals surface area (Å²) < 4.78 is 0. The largest absolute Gasteiger partial charge is 0.371 e. The van der Waals surface area contributed by atoms with Crippen molar-refractivity contribution in [2.75, 3.05) is 18.0 Å². The molecule has 1 saturated heterocycles. The predicted octanol–water partition coefficient (Wildman–Crippen LogP) is 1.89. The van der Waals surface area contributed by atoms with Gasteiger partial charge in [-0.25, -0.2) is 0 Å². The molecule has 1 aromatic carbocycles. The smallest absolute Gasteiger partial charge is 0.101 e. The quantitative estimate of drug-likeness (QED) is 0.690. The van der Waals surface area contributed by atoms with Crippen LogP contribution in [-0.4, -0.2) is 13.1 Å². The van der Waals surface area contributed by atoms with Crippen molar-refractivity contribution < 1.29 is 0 Å². The molecule has 3 heteroatoms. The molecule has 0 atom stereocenters. The summed E-state index contributed by atoms with van der Waals surface area (Å²) in [5.41, 5.74) is 1.97. The Kier molecular flexibility index (Phi) is 2.31. The van der Waals surface area contributed by atoms with E-state index in [0.29, 0.717) is 11.1 Å². The van der Waals surface area contributed by atoms with E-state index in [0.717, 1.165) is 24.7 Å². The molecule has 0 aromatic heterocycles. The van der Waals surface area contributed by atoms with E-state index in [9.17, 15) is 0 Å². The highest BCUT2D eigenvalue weighted by Gasteiger charge is 2.22. The Morgan fingerprint density at radius 1 is 1.20 bits per heavy atom. The number of anilines is 1. The molecule has 0 unspecified atom stereocenters. The second-order valence-electron chi connectivity index (χ2n) is 3.96. The van der Waals surface area contributed by atoms with E-state index in [1.165, 1.54) is 0 Å². The summed E-state index contributed by atoms with van der Waals surface area (Å²) in [6, 6.07) is 9.49. The third-order valence-electron chi connectivity index (χ3n) is 2.67. The number of nitrogens with zero attached hydrogens (tertiary/aromatic N) is 3. The maximum absolute atomic E-state index is 8.88. The van der Waals surface area contributed by atoms with Gasteiger partial charge in [0.2, 0.25) is 0 Å². The monoisotopic (exact) mass is 197 g/mol. The lowest BCUT2D eigenvalue weighted by molar-refractivity contribution is 0.447. The minimum atomic E-state index is 0.454. The summed E-state index contributed by atoms with van der Waals surface area (Å²) in [5, 5.41) is 17.7. The van der Waals surface area contributed by atoms with Crippen molar-refractivity contribution in [2.45, 2.75) is 6.92 Å². The van der Waals surface area contributed by atoms with Gasteiger partial charge in [-0.05, 0) is 24.1 Å². The fraction of sp³-hybridized carbons (Fsp3) is 0.333. The van der Waals surface area contributed by atoms with Crippen LogP contribution in [0.3, 0.4) is 0 Å². The Hall–Kier alpha value is -2.00.